The summed E-state index contributed by atoms with van der Waals surface area (Å²) in [5.41, 5.74) is -0.360. The fourth-order valence-electron chi connectivity index (χ4n) is 2.70. The molecule has 1 aromatic heterocycles. The third-order valence-corrected chi connectivity index (χ3v) is 3.67. The van der Waals surface area contributed by atoms with E-state index in [9.17, 15) is 5.11 Å². The van der Waals surface area contributed by atoms with Crippen LogP contribution in [0, 0.1) is 0 Å². The zero-order valence-corrected chi connectivity index (χ0v) is 10.6. The van der Waals surface area contributed by atoms with Gasteiger partial charge in [-0.15, -0.1) is 0 Å². The minimum atomic E-state index is -0.493. The molecule has 2 rings (SSSR count). The van der Waals surface area contributed by atoms with Crippen LogP contribution in [0.3, 0.4) is 0 Å². The number of rotatable bonds is 5. The van der Waals surface area contributed by atoms with Gasteiger partial charge in [0, 0.05) is 20.1 Å². The van der Waals surface area contributed by atoms with Crippen molar-refractivity contribution in [2.75, 3.05) is 6.61 Å². The first-order chi connectivity index (χ1) is 8.18. The average Bonchev–Trinajstić information content (AvgIpc) is 2.91. The normalized spacial score (nSPS) is 20.6. The highest BCUT2D eigenvalue weighted by molar-refractivity contribution is 4.98. The molecule has 1 N–H and O–H groups in total. The topological polar surface area (TPSA) is 60.2 Å². The molecule has 1 saturated carbocycles. The molecule has 1 heterocycles. The summed E-state index contributed by atoms with van der Waals surface area (Å²) in [5, 5.41) is 14.4. The SMILES string of the molecule is CCOC1(C(O)Cc2ncnn2C)CCCC1. The van der Waals surface area contributed by atoms with Crippen LogP contribution in [0.25, 0.3) is 0 Å². The summed E-state index contributed by atoms with van der Waals surface area (Å²) >= 11 is 0. The molecule has 5 heteroatoms. The molecular weight excluding hydrogens is 218 g/mol. The Labute approximate surface area is 102 Å². The molecule has 1 fully saturated rings. The van der Waals surface area contributed by atoms with Crippen molar-refractivity contribution >= 4 is 0 Å². The monoisotopic (exact) mass is 239 g/mol. The van der Waals surface area contributed by atoms with Crippen LogP contribution < -0.4 is 0 Å². The van der Waals surface area contributed by atoms with Crippen molar-refractivity contribution in [1.82, 2.24) is 14.8 Å². The number of nitrogens with zero attached hydrogens (tertiary/aromatic N) is 3. The Kier molecular flexibility index (Phi) is 3.79. The van der Waals surface area contributed by atoms with Gasteiger partial charge >= 0.3 is 0 Å². The largest absolute Gasteiger partial charge is 0.390 e. The standard InChI is InChI=1S/C12H21N3O2/c1-3-17-12(6-4-5-7-12)10(16)8-11-13-9-14-15(11)2/h9-10,16H,3-8H2,1-2H3. The van der Waals surface area contributed by atoms with Crippen LogP contribution in [0.5, 0.6) is 0 Å². The molecular formula is C12H21N3O2. The third-order valence-electron chi connectivity index (χ3n) is 3.67. The van der Waals surface area contributed by atoms with E-state index in [1.54, 1.807) is 4.68 Å². The molecule has 1 aliphatic carbocycles. The zero-order chi connectivity index (χ0) is 12.3. The zero-order valence-electron chi connectivity index (χ0n) is 10.6. The number of ether oxygens (including phenoxy) is 1. The van der Waals surface area contributed by atoms with E-state index in [0.29, 0.717) is 13.0 Å². The first-order valence-electron chi connectivity index (χ1n) is 6.33. The first-order valence-corrected chi connectivity index (χ1v) is 6.33. The minimum absolute atomic E-state index is 0.360. The molecule has 17 heavy (non-hydrogen) atoms. The molecule has 0 spiro atoms. The van der Waals surface area contributed by atoms with Crippen LogP contribution in [0.4, 0.5) is 0 Å². The van der Waals surface area contributed by atoms with E-state index < -0.39 is 6.10 Å². The Morgan fingerprint density at radius 3 is 2.76 bits per heavy atom. The van der Waals surface area contributed by atoms with Gasteiger partial charge in [0.1, 0.15) is 12.2 Å². The minimum Gasteiger partial charge on any atom is -0.390 e. The van der Waals surface area contributed by atoms with Crippen molar-refractivity contribution in [2.45, 2.75) is 50.7 Å². The number of aromatic nitrogens is 3. The maximum atomic E-state index is 10.4. The van der Waals surface area contributed by atoms with Crippen LogP contribution in [0.1, 0.15) is 38.4 Å². The molecule has 0 radical (unpaired) electrons. The number of aliphatic hydroxyl groups is 1. The van der Waals surface area contributed by atoms with Crippen LogP contribution in [-0.2, 0) is 18.2 Å². The summed E-state index contributed by atoms with van der Waals surface area (Å²) < 4.78 is 7.54. The highest BCUT2D eigenvalue weighted by atomic mass is 16.5. The summed E-state index contributed by atoms with van der Waals surface area (Å²) in [6.45, 7) is 2.63. The third kappa shape index (κ3) is 2.50. The van der Waals surface area contributed by atoms with Gasteiger partial charge in [0.2, 0.25) is 0 Å². The second-order valence-corrected chi connectivity index (χ2v) is 4.72. The molecule has 0 bridgehead atoms. The van der Waals surface area contributed by atoms with E-state index in [1.807, 2.05) is 14.0 Å². The lowest BCUT2D eigenvalue weighted by Gasteiger charge is -2.33. The van der Waals surface area contributed by atoms with Gasteiger partial charge in [-0.3, -0.25) is 4.68 Å². The molecule has 1 unspecified atom stereocenters. The van der Waals surface area contributed by atoms with Gasteiger partial charge in [-0.25, -0.2) is 4.98 Å². The fourth-order valence-corrected chi connectivity index (χ4v) is 2.70. The van der Waals surface area contributed by atoms with E-state index in [1.165, 1.54) is 6.33 Å². The van der Waals surface area contributed by atoms with Crippen LogP contribution >= 0.6 is 0 Å². The van der Waals surface area contributed by atoms with Gasteiger partial charge in [-0.1, -0.05) is 12.8 Å². The highest BCUT2D eigenvalue weighted by Crippen LogP contribution is 2.37. The van der Waals surface area contributed by atoms with Gasteiger partial charge in [-0.05, 0) is 19.8 Å². The van der Waals surface area contributed by atoms with E-state index in [4.69, 9.17) is 4.74 Å². The molecule has 0 aromatic carbocycles. The van der Waals surface area contributed by atoms with Crippen molar-refractivity contribution < 1.29 is 9.84 Å². The first kappa shape index (κ1) is 12.5. The smallest absolute Gasteiger partial charge is 0.138 e. The lowest BCUT2D eigenvalue weighted by molar-refractivity contribution is -0.116. The average molecular weight is 239 g/mol. The Morgan fingerprint density at radius 2 is 2.24 bits per heavy atom. The number of aryl methyl sites for hydroxylation is 1. The van der Waals surface area contributed by atoms with Crippen molar-refractivity contribution in [3.63, 3.8) is 0 Å². The van der Waals surface area contributed by atoms with E-state index in [-0.39, 0.29) is 5.60 Å². The van der Waals surface area contributed by atoms with Crippen molar-refractivity contribution in [2.24, 2.45) is 7.05 Å². The van der Waals surface area contributed by atoms with Crippen LogP contribution in [-0.4, -0.2) is 38.2 Å². The molecule has 5 nitrogen and oxygen atoms in total. The Hall–Kier alpha value is -0.940. The van der Waals surface area contributed by atoms with Crippen LogP contribution in [0.15, 0.2) is 6.33 Å². The Morgan fingerprint density at radius 1 is 1.53 bits per heavy atom. The maximum Gasteiger partial charge on any atom is 0.138 e. The highest BCUT2D eigenvalue weighted by Gasteiger charge is 2.41. The maximum absolute atomic E-state index is 10.4. The van der Waals surface area contributed by atoms with Gasteiger partial charge in [0.15, 0.2) is 0 Å². The summed E-state index contributed by atoms with van der Waals surface area (Å²) in [4.78, 5) is 4.15. The lowest BCUT2D eigenvalue weighted by atomic mass is 9.92. The molecule has 1 aliphatic rings. The number of hydrogen-bond acceptors (Lipinski definition) is 4. The summed E-state index contributed by atoms with van der Waals surface area (Å²) in [6.07, 6.45) is 5.69. The van der Waals surface area contributed by atoms with Crippen molar-refractivity contribution in [3.8, 4) is 0 Å². The van der Waals surface area contributed by atoms with Crippen molar-refractivity contribution in [1.29, 1.82) is 0 Å². The molecule has 0 aliphatic heterocycles. The molecule has 0 saturated heterocycles. The molecule has 0 amide bonds. The quantitative estimate of drug-likeness (QED) is 0.835. The van der Waals surface area contributed by atoms with E-state index in [2.05, 4.69) is 10.1 Å². The van der Waals surface area contributed by atoms with Gasteiger partial charge < -0.3 is 9.84 Å². The predicted octanol–water partition coefficient (Wildman–Crippen LogP) is 1.07. The van der Waals surface area contributed by atoms with E-state index >= 15 is 0 Å². The van der Waals surface area contributed by atoms with Crippen molar-refractivity contribution in [3.05, 3.63) is 12.2 Å². The second-order valence-electron chi connectivity index (χ2n) is 4.72. The van der Waals surface area contributed by atoms with E-state index in [0.717, 1.165) is 31.5 Å². The number of hydrogen-bond donors (Lipinski definition) is 1. The summed E-state index contributed by atoms with van der Waals surface area (Å²) in [6, 6.07) is 0. The second kappa shape index (κ2) is 5.14. The summed E-state index contributed by atoms with van der Waals surface area (Å²) in [5.74, 6) is 0.809. The Balaban J connectivity index is 2.07. The summed E-state index contributed by atoms with van der Waals surface area (Å²) in [7, 11) is 1.84. The molecule has 96 valence electrons. The molecule has 1 aromatic rings. The van der Waals surface area contributed by atoms with Gasteiger partial charge in [-0.2, -0.15) is 5.10 Å². The van der Waals surface area contributed by atoms with Gasteiger partial charge in [0.05, 0.1) is 11.7 Å². The predicted molar refractivity (Wildman–Crippen MR) is 63.5 cm³/mol. The van der Waals surface area contributed by atoms with Gasteiger partial charge in [0.25, 0.3) is 0 Å². The lowest BCUT2D eigenvalue weighted by Crippen LogP contribution is -2.44. The fraction of sp³-hybridized carbons (Fsp3) is 0.833. The Bertz CT molecular complexity index is 358. The van der Waals surface area contributed by atoms with Crippen LogP contribution in [0.2, 0.25) is 0 Å². The molecule has 1 atom stereocenters. The number of aliphatic hydroxyl groups excluding tert-OH is 1.